The zero-order valence-corrected chi connectivity index (χ0v) is 7.20. The molecule has 0 fully saturated rings. The molecule has 0 saturated carbocycles. The van der Waals surface area contributed by atoms with Crippen molar-refractivity contribution < 1.29 is 0 Å². The van der Waals surface area contributed by atoms with Gasteiger partial charge in [0.1, 0.15) is 0 Å². The molecule has 0 atom stereocenters. The van der Waals surface area contributed by atoms with Crippen molar-refractivity contribution in [3.8, 4) is 6.07 Å². The van der Waals surface area contributed by atoms with E-state index in [0.717, 1.165) is 11.3 Å². The number of aromatic nitrogens is 1. The molecule has 0 aliphatic carbocycles. The van der Waals surface area contributed by atoms with Gasteiger partial charge in [-0.1, -0.05) is 5.03 Å². The lowest BCUT2D eigenvalue weighted by Crippen LogP contribution is -1.93. The molecule has 0 aliphatic heterocycles. The van der Waals surface area contributed by atoms with Crippen LogP contribution in [0.5, 0.6) is 0 Å². The summed E-state index contributed by atoms with van der Waals surface area (Å²) in [7, 11) is 0. The number of hydrogen-bond acceptors (Lipinski definition) is 3. The number of aryl methyl sites for hydroxylation is 2. The molecule has 1 rings (SSSR count). The molecular weight excluding hydrogens is 156 g/mol. The molecule has 0 N–H and O–H groups in total. The van der Waals surface area contributed by atoms with Crippen LogP contribution in [0.2, 0.25) is 0 Å². The molecular formula is C8H7N2S-. The predicted molar refractivity (Wildman–Crippen MR) is 44.1 cm³/mol. The quantitative estimate of drug-likeness (QED) is 0.543. The molecule has 56 valence electrons. The van der Waals surface area contributed by atoms with Crippen LogP contribution in [0.3, 0.4) is 0 Å². The highest BCUT2D eigenvalue weighted by Crippen LogP contribution is 2.11. The lowest BCUT2D eigenvalue weighted by molar-refractivity contribution is 1.03. The summed E-state index contributed by atoms with van der Waals surface area (Å²) in [6.07, 6.45) is 0. The molecule has 1 heterocycles. The minimum atomic E-state index is 0.407. The first-order chi connectivity index (χ1) is 5.15. The fourth-order valence-electron chi connectivity index (χ4n) is 0.939. The van der Waals surface area contributed by atoms with E-state index in [2.05, 4.69) is 4.98 Å². The molecule has 0 unspecified atom stereocenters. The van der Waals surface area contributed by atoms with E-state index in [1.54, 1.807) is 0 Å². The number of nitrogens with zero attached hydrogens (tertiary/aromatic N) is 2. The van der Waals surface area contributed by atoms with Crippen molar-refractivity contribution in [1.82, 2.24) is 4.98 Å². The Bertz CT molecular complexity index is 302. The van der Waals surface area contributed by atoms with Gasteiger partial charge in [0.2, 0.25) is 0 Å². The molecule has 0 spiro atoms. The fourth-order valence-corrected chi connectivity index (χ4v) is 1.29. The standard InChI is InChI=1S/C8H8N2S/c1-5-3-6(2)10-8(11)7(5)4-9/h3H,1-2H3,(H,10,11)/p-1. The first kappa shape index (κ1) is 7.96. The fraction of sp³-hybridized carbons (Fsp3) is 0.250. The van der Waals surface area contributed by atoms with E-state index in [4.69, 9.17) is 17.9 Å². The average Bonchev–Trinajstić information content (AvgIpc) is 1.85. The van der Waals surface area contributed by atoms with Crippen molar-refractivity contribution in [3.05, 3.63) is 22.9 Å². The van der Waals surface area contributed by atoms with Gasteiger partial charge in [0.05, 0.1) is 11.6 Å². The molecule has 1 aromatic rings. The summed E-state index contributed by atoms with van der Waals surface area (Å²) in [5.41, 5.74) is 2.29. The third kappa shape index (κ3) is 1.47. The Morgan fingerprint density at radius 2 is 2.18 bits per heavy atom. The lowest BCUT2D eigenvalue weighted by Gasteiger charge is -2.09. The second kappa shape index (κ2) is 2.85. The summed E-state index contributed by atoms with van der Waals surface area (Å²) >= 11 is 4.89. The van der Waals surface area contributed by atoms with E-state index in [0.29, 0.717) is 10.6 Å². The Balaban J connectivity index is 3.40. The summed E-state index contributed by atoms with van der Waals surface area (Å²) in [5, 5.41) is 9.04. The van der Waals surface area contributed by atoms with Crippen LogP contribution in [-0.2, 0) is 12.6 Å². The van der Waals surface area contributed by atoms with Crippen LogP contribution in [0.15, 0.2) is 11.1 Å². The van der Waals surface area contributed by atoms with Gasteiger partial charge < -0.3 is 12.6 Å². The molecule has 2 nitrogen and oxygen atoms in total. The molecule has 0 saturated heterocycles. The summed E-state index contributed by atoms with van der Waals surface area (Å²) in [4.78, 5) is 4.00. The van der Waals surface area contributed by atoms with Crippen LogP contribution in [0, 0.1) is 25.2 Å². The maximum atomic E-state index is 8.63. The Morgan fingerprint density at radius 1 is 1.55 bits per heavy atom. The van der Waals surface area contributed by atoms with E-state index in [-0.39, 0.29) is 0 Å². The molecule has 11 heavy (non-hydrogen) atoms. The van der Waals surface area contributed by atoms with Gasteiger partial charge in [-0.05, 0) is 25.5 Å². The van der Waals surface area contributed by atoms with Gasteiger partial charge in [-0.25, -0.2) is 0 Å². The van der Waals surface area contributed by atoms with Crippen LogP contribution in [0.4, 0.5) is 0 Å². The number of nitriles is 1. The molecule has 0 radical (unpaired) electrons. The van der Waals surface area contributed by atoms with E-state index in [1.807, 2.05) is 26.0 Å². The zero-order valence-electron chi connectivity index (χ0n) is 6.38. The molecule has 1 aromatic heterocycles. The highest BCUT2D eigenvalue weighted by atomic mass is 32.1. The van der Waals surface area contributed by atoms with Gasteiger partial charge in [0, 0.05) is 5.69 Å². The van der Waals surface area contributed by atoms with E-state index >= 15 is 0 Å². The number of rotatable bonds is 0. The Kier molecular flexibility index (Phi) is 2.06. The molecule has 0 aromatic carbocycles. The summed E-state index contributed by atoms with van der Waals surface area (Å²) < 4.78 is 0. The van der Waals surface area contributed by atoms with Gasteiger partial charge in [-0.2, -0.15) is 5.26 Å². The zero-order chi connectivity index (χ0) is 8.43. The van der Waals surface area contributed by atoms with Crippen LogP contribution >= 0.6 is 0 Å². The maximum absolute atomic E-state index is 8.63. The Labute approximate surface area is 71.3 Å². The van der Waals surface area contributed by atoms with Crippen LogP contribution < -0.4 is 0 Å². The van der Waals surface area contributed by atoms with Crippen molar-refractivity contribution in [3.63, 3.8) is 0 Å². The van der Waals surface area contributed by atoms with E-state index in [9.17, 15) is 0 Å². The van der Waals surface area contributed by atoms with Gasteiger partial charge in [-0.3, -0.25) is 4.98 Å². The van der Waals surface area contributed by atoms with Crippen LogP contribution in [-0.4, -0.2) is 4.98 Å². The normalized spacial score (nSPS) is 9.18. The summed E-state index contributed by atoms with van der Waals surface area (Å²) in [6, 6.07) is 3.88. The van der Waals surface area contributed by atoms with Crippen molar-refractivity contribution in [2.75, 3.05) is 0 Å². The highest BCUT2D eigenvalue weighted by Gasteiger charge is 1.97. The minimum Gasteiger partial charge on any atom is -0.759 e. The second-order valence-corrected chi connectivity index (χ2v) is 2.76. The first-order valence-electron chi connectivity index (χ1n) is 3.20. The van der Waals surface area contributed by atoms with Crippen molar-refractivity contribution in [1.29, 1.82) is 5.26 Å². The van der Waals surface area contributed by atoms with Crippen molar-refractivity contribution >= 4 is 12.6 Å². The smallest absolute Gasteiger partial charge is 0.0994 e. The number of pyridine rings is 1. The largest absolute Gasteiger partial charge is 0.759 e. The topological polar surface area (TPSA) is 36.7 Å². The average molecular weight is 163 g/mol. The van der Waals surface area contributed by atoms with Gasteiger partial charge in [0.25, 0.3) is 0 Å². The van der Waals surface area contributed by atoms with Gasteiger partial charge >= 0.3 is 0 Å². The molecule has 0 amide bonds. The van der Waals surface area contributed by atoms with Gasteiger partial charge in [0.15, 0.2) is 0 Å². The van der Waals surface area contributed by atoms with Gasteiger partial charge in [-0.15, -0.1) is 0 Å². The number of hydrogen-bond donors (Lipinski definition) is 0. The Hall–Kier alpha value is -1.14. The third-order valence-corrected chi connectivity index (χ3v) is 1.72. The van der Waals surface area contributed by atoms with Crippen LogP contribution in [0.25, 0.3) is 0 Å². The Morgan fingerprint density at radius 3 is 2.64 bits per heavy atom. The first-order valence-corrected chi connectivity index (χ1v) is 3.61. The SMILES string of the molecule is Cc1cc(C)c(C#N)c([S-])n1. The molecule has 3 heteroatoms. The highest BCUT2D eigenvalue weighted by molar-refractivity contribution is 7.58. The molecule has 0 aliphatic rings. The van der Waals surface area contributed by atoms with Crippen molar-refractivity contribution in [2.24, 2.45) is 0 Å². The minimum absolute atomic E-state index is 0.407. The second-order valence-electron chi connectivity index (χ2n) is 2.37. The summed E-state index contributed by atoms with van der Waals surface area (Å²) in [5.74, 6) is 0. The monoisotopic (exact) mass is 163 g/mol. The van der Waals surface area contributed by atoms with Crippen molar-refractivity contribution in [2.45, 2.75) is 18.9 Å². The third-order valence-electron chi connectivity index (χ3n) is 1.42. The summed E-state index contributed by atoms with van der Waals surface area (Å²) in [6.45, 7) is 3.73. The van der Waals surface area contributed by atoms with E-state index in [1.165, 1.54) is 0 Å². The lowest BCUT2D eigenvalue weighted by atomic mass is 10.1. The van der Waals surface area contributed by atoms with Crippen LogP contribution in [0.1, 0.15) is 16.8 Å². The maximum Gasteiger partial charge on any atom is 0.0994 e. The van der Waals surface area contributed by atoms with E-state index < -0.39 is 0 Å². The predicted octanol–water partition coefficient (Wildman–Crippen LogP) is 1.48. The molecule has 0 bridgehead atoms.